The molecule has 0 unspecified atom stereocenters. The number of rotatable bonds is 7. The molecule has 0 amide bonds. The Balaban J connectivity index is 1.80. The highest BCUT2D eigenvalue weighted by Crippen LogP contribution is 2.31. The van der Waals surface area contributed by atoms with Gasteiger partial charge in [-0.15, -0.1) is 0 Å². The average Bonchev–Trinajstić information content (AvgIpc) is 2.45. The molecule has 0 aromatic heterocycles. The van der Waals surface area contributed by atoms with Crippen molar-refractivity contribution in [1.82, 2.24) is 5.32 Å². The summed E-state index contributed by atoms with van der Waals surface area (Å²) in [5, 5.41) is 3.47. The van der Waals surface area contributed by atoms with Crippen molar-refractivity contribution in [2.75, 3.05) is 49.6 Å². The number of benzene rings is 1. The molecule has 1 heterocycles. The second kappa shape index (κ2) is 7.39. The topological polar surface area (TPSA) is 18.5 Å². The van der Waals surface area contributed by atoms with Crippen LogP contribution in [0, 0.1) is 0 Å². The molecule has 3 heteroatoms. The number of para-hydroxylation sites is 2. The van der Waals surface area contributed by atoms with Gasteiger partial charge in [0.2, 0.25) is 0 Å². The molecule has 0 saturated heterocycles. The number of likely N-dealkylation sites (N-methyl/N-ethyl adjacent to an activating group) is 1. The van der Waals surface area contributed by atoms with E-state index in [4.69, 9.17) is 0 Å². The Morgan fingerprint density at radius 1 is 1.05 bits per heavy atom. The highest BCUT2D eigenvalue weighted by molar-refractivity contribution is 5.72. The van der Waals surface area contributed by atoms with Crippen molar-refractivity contribution in [3.05, 3.63) is 24.3 Å². The molecule has 1 aromatic carbocycles. The molecule has 0 spiro atoms. The zero-order valence-corrected chi connectivity index (χ0v) is 12.4. The van der Waals surface area contributed by atoms with Gasteiger partial charge in [0.05, 0.1) is 11.4 Å². The summed E-state index contributed by atoms with van der Waals surface area (Å²) in [5.74, 6) is 0. The normalized spacial score (nSPS) is 14.6. The van der Waals surface area contributed by atoms with E-state index in [9.17, 15) is 0 Å². The molecule has 1 aromatic rings. The lowest BCUT2D eigenvalue weighted by Crippen LogP contribution is -2.39. The minimum absolute atomic E-state index is 1.13. The Bertz CT molecular complexity index is 378. The van der Waals surface area contributed by atoms with Gasteiger partial charge >= 0.3 is 0 Å². The molecule has 0 aliphatic carbocycles. The summed E-state index contributed by atoms with van der Waals surface area (Å²) in [4.78, 5) is 4.89. The molecule has 0 atom stereocenters. The molecule has 1 N–H and O–H groups in total. The van der Waals surface area contributed by atoms with Crippen LogP contribution >= 0.6 is 0 Å². The van der Waals surface area contributed by atoms with Crippen LogP contribution in [0.25, 0.3) is 0 Å². The quantitative estimate of drug-likeness (QED) is 0.761. The molecule has 19 heavy (non-hydrogen) atoms. The molecular formula is C16H27N3. The van der Waals surface area contributed by atoms with Gasteiger partial charge in [-0.25, -0.2) is 0 Å². The van der Waals surface area contributed by atoms with Crippen molar-refractivity contribution in [2.24, 2.45) is 0 Å². The first-order chi connectivity index (χ1) is 9.33. The first-order valence-electron chi connectivity index (χ1n) is 7.58. The number of hydrogen-bond acceptors (Lipinski definition) is 3. The third-order valence-electron chi connectivity index (χ3n) is 3.80. The van der Waals surface area contributed by atoms with Gasteiger partial charge in [-0.05, 0) is 44.5 Å². The van der Waals surface area contributed by atoms with Gasteiger partial charge in [-0.3, -0.25) is 0 Å². The highest BCUT2D eigenvalue weighted by atomic mass is 15.2. The molecule has 3 nitrogen and oxygen atoms in total. The molecule has 0 saturated carbocycles. The van der Waals surface area contributed by atoms with E-state index in [2.05, 4.69) is 53.4 Å². The SMILES string of the molecule is CCCNCCCCN1CCN(C)c2ccccc21. The predicted molar refractivity (Wildman–Crippen MR) is 84.3 cm³/mol. The summed E-state index contributed by atoms with van der Waals surface area (Å²) in [5.41, 5.74) is 2.77. The van der Waals surface area contributed by atoms with Gasteiger partial charge in [-0.1, -0.05) is 19.1 Å². The van der Waals surface area contributed by atoms with Gasteiger partial charge in [-0.2, -0.15) is 0 Å². The molecule has 1 aliphatic heterocycles. The summed E-state index contributed by atoms with van der Waals surface area (Å²) < 4.78 is 0. The van der Waals surface area contributed by atoms with Crippen LogP contribution in [0.1, 0.15) is 26.2 Å². The van der Waals surface area contributed by atoms with E-state index in [1.165, 1.54) is 37.2 Å². The predicted octanol–water partition coefficient (Wildman–Crippen LogP) is 2.72. The smallest absolute Gasteiger partial charge is 0.0604 e. The zero-order valence-electron chi connectivity index (χ0n) is 12.4. The second-order valence-corrected chi connectivity index (χ2v) is 5.35. The maximum Gasteiger partial charge on any atom is 0.0604 e. The first-order valence-corrected chi connectivity index (χ1v) is 7.58. The number of hydrogen-bond donors (Lipinski definition) is 1. The third-order valence-corrected chi connectivity index (χ3v) is 3.80. The summed E-state index contributed by atoms with van der Waals surface area (Å²) in [6.45, 7) is 7.98. The fourth-order valence-corrected chi connectivity index (χ4v) is 2.65. The summed E-state index contributed by atoms with van der Waals surface area (Å²) in [6.07, 6.45) is 3.77. The minimum atomic E-state index is 1.13. The number of nitrogens with one attached hydrogen (secondary N) is 1. The van der Waals surface area contributed by atoms with Crippen LogP contribution in [0.2, 0.25) is 0 Å². The Kier molecular flexibility index (Phi) is 5.52. The van der Waals surface area contributed by atoms with E-state index in [0.29, 0.717) is 0 Å². The van der Waals surface area contributed by atoms with Gasteiger partial charge in [0.1, 0.15) is 0 Å². The summed E-state index contributed by atoms with van der Waals surface area (Å²) >= 11 is 0. The van der Waals surface area contributed by atoms with Crippen LogP contribution in [-0.4, -0.2) is 39.8 Å². The maximum atomic E-state index is 3.47. The van der Waals surface area contributed by atoms with Gasteiger partial charge in [0.25, 0.3) is 0 Å². The Hall–Kier alpha value is -1.22. The van der Waals surface area contributed by atoms with Crippen molar-refractivity contribution < 1.29 is 0 Å². The monoisotopic (exact) mass is 261 g/mol. The molecule has 0 radical (unpaired) electrons. The molecule has 0 bridgehead atoms. The first kappa shape index (κ1) is 14.2. The van der Waals surface area contributed by atoms with Crippen molar-refractivity contribution in [3.63, 3.8) is 0 Å². The van der Waals surface area contributed by atoms with Crippen LogP contribution < -0.4 is 15.1 Å². The van der Waals surface area contributed by atoms with Crippen molar-refractivity contribution in [1.29, 1.82) is 0 Å². The highest BCUT2D eigenvalue weighted by Gasteiger charge is 2.18. The van der Waals surface area contributed by atoms with Crippen molar-refractivity contribution in [2.45, 2.75) is 26.2 Å². The van der Waals surface area contributed by atoms with Crippen LogP contribution in [-0.2, 0) is 0 Å². The summed E-state index contributed by atoms with van der Waals surface area (Å²) in [6, 6.07) is 8.76. The molecule has 106 valence electrons. The Morgan fingerprint density at radius 2 is 1.84 bits per heavy atom. The average molecular weight is 261 g/mol. The van der Waals surface area contributed by atoms with E-state index in [-0.39, 0.29) is 0 Å². The minimum Gasteiger partial charge on any atom is -0.371 e. The number of unbranched alkanes of at least 4 members (excludes halogenated alkanes) is 1. The molecular weight excluding hydrogens is 234 g/mol. The van der Waals surface area contributed by atoms with E-state index < -0.39 is 0 Å². The zero-order chi connectivity index (χ0) is 13.5. The van der Waals surface area contributed by atoms with Gasteiger partial charge < -0.3 is 15.1 Å². The second-order valence-electron chi connectivity index (χ2n) is 5.35. The fourth-order valence-electron chi connectivity index (χ4n) is 2.65. The van der Waals surface area contributed by atoms with Crippen LogP contribution in [0.15, 0.2) is 24.3 Å². The van der Waals surface area contributed by atoms with E-state index in [0.717, 1.165) is 26.2 Å². The lowest BCUT2D eigenvalue weighted by molar-refractivity contribution is 0.603. The maximum absolute atomic E-state index is 3.47. The number of anilines is 2. The lowest BCUT2D eigenvalue weighted by atomic mass is 10.1. The largest absolute Gasteiger partial charge is 0.371 e. The van der Waals surface area contributed by atoms with Gasteiger partial charge in [0, 0.05) is 26.7 Å². The van der Waals surface area contributed by atoms with Crippen LogP contribution in [0.3, 0.4) is 0 Å². The van der Waals surface area contributed by atoms with Crippen molar-refractivity contribution >= 4 is 11.4 Å². The Labute approximate surface area is 117 Å². The Morgan fingerprint density at radius 3 is 2.63 bits per heavy atom. The molecule has 1 aliphatic rings. The number of fused-ring (bicyclic) bond motifs is 1. The fraction of sp³-hybridized carbons (Fsp3) is 0.625. The van der Waals surface area contributed by atoms with E-state index in [1.54, 1.807) is 0 Å². The lowest BCUT2D eigenvalue weighted by Gasteiger charge is -2.37. The van der Waals surface area contributed by atoms with Crippen LogP contribution in [0.5, 0.6) is 0 Å². The molecule has 0 fully saturated rings. The molecule has 2 rings (SSSR count). The van der Waals surface area contributed by atoms with Crippen molar-refractivity contribution in [3.8, 4) is 0 Å². The summed E-state index contributed by atoms with van der Waals surface area (Å²) in [7, 11) is 2.19. The van der Waals surface area contributed by atoms with E-state index >= 15 is 0 Å². The van der Waals surface area contributed by atoms with E-state index in [1.807, 2.05) is 0 Å². The van der Waals surface area contributed by atoms with Gasteiger partial charge in [0.15, 0.2) is 0 Å². The van der Waals surface area contributed by atoms with Crippen LogP contribution in [0.4, 0.5) is 11.4 Å². The number of nitrogens with zero attached hydrogens (tertiary/aromatic N) is 2. The third kappa shape index (κ3) is 3.87. The standard InChI is InChI=1S/C16H27N3/c1-3-10-17-11-6-7-12-19-14-13-18(2)15-8-4-5-9-16(15)19/h4-5,8-9,17H,3,6-7,10-14H2,1-2H3.